The largest absolute Gasteiger partial charge is 0.361 e. The number of ether oxygens (including phenoxy) is 2. The first-order chi connectivity index (χ1) is 27.3. The van der Waals surface area contributed by atoms with E-state index in [1.54, 1.807) is 4.57 Å². The van der Waals surface area contributed by atoms with Crippen LogP contribution in [0.3, 0.4) is 0 Å². The first-order valence-corrected chi connectivity index (χ1v) is 28.2. The maximum absolute atomic E-state index is 14.3. The monoisotopic (exact) mass is 980 g/mol. The predicted octanol–water partition coefficient (Wildman–Crippen LogP) is 8.90. The average Bonchev–Trinajstić information content (AvgIpc) is 3.69. The third-order valence-electron chi connectivity index (χ3n) is 9.54. The molecule has 58 heavy (non-hydrogen) atoms. The van der Waals surface area contributed by atoms with Gasteiger partial charge in [0.2, 0.25) is 11.9 Å². The van der Waals surface area contributed by atoms with E-state index in [0.29, 0.717) is 45.5 Å². The Hall–Kier alpha value is -2.73. The van der Waals surface area contributed by atoms with Crippen molar-refractivity contribution in [3.8, 4) is 22.5 Å². The van der Waals surface area contributed by atoms with Crippen LogP contribution in [0.15, 0.2) is 33.5 Å². The summed E-state index contributed by atoms with van der Waals surface area (Å²) >= 11 is 7.10. The van der Waals surface area contributed by atoms with E-state index < -0.39 is 51.1 Å². The second kappa shape index (κ2) is 20.2. The molecule has 0 spiro atoms. The summed E-state index contributed by atoms with van der Waals surface area (Å²) in [6.45, 7) is 21.6. The fraction of sp³-hybridized carbons (Fsp3) is 0.526. The number of imidazole rings is 2. The van der Waals surface area contributed by atoms with E-state index in [4.69, 9.17) is 9.47 Å². The minimum Gasteiger partial charge on any atom is -0.361 e. The Morgan fingerprint density at radius 3 is 1.43 bits per heavy atom. The van der Waals surface area contributed by atoms with Crippen molar-refractivity contribution in [3.05, 3.63) is 68.4 Å². The molecule has 10 nitrogen and oxygen atoms in total. The third-order valence-corrected chi connectivity index (χ3v) is 14.8. The van der Waals surface area contributed by atoms with Gasteiger partial charge in [0.25, 0.3) is 0 Å². The zero-order valence-electron chi connectivity index (χ0n) is 33.7. The number of anilines is 2. The van der Waals surface area contributed by atoms with Crippen LogP contribution in [0.4, 0.5) is 38.2 Å². The SMILES string of the molecule is C[Si](C)(C)CCOCn1c(N2CCNCC2)nc(-c2cc(F)c(F)c(F)c2)c1-c1cc(F)c(F)c(F)c1.C[Si](C)(C)CCOCn1c(N2CCNCC2)nc(Br)c1Br. The Balaban J connectivity index is 0.000000258. The van der Waals surface area contributed by atoms with Crippen molar-refractivity contribution >= 4 is 59.9 Å². The molecule has 320 valence electrons. The average molecular weight is 983 g/mol. The molecule has 0 saturated carbocycles. The van der Waals surface area contributed by atoms with Crippen LogP contribution in [0.2, 0.25) is 51.4 Å². The first kappa shape index (κ1) is 46.3. The van der Waals surface area contributed by atoms with Crippen LogP contribution >= 0.6 is 31.9 Å². The summed E-state index contributed by atoms with van der Waals surface area (Å²) < 4.78 is 102. The van der Waals surface area contributed by atoms with E-state index >= 15 is 0 Å². The molecule has 0 aliphatic carbocycles. The second-order valence-electron chi connectivity index (χ2n) is 16.6. The molecule has 2 aliphatic heterocycles. The summed E-state index contributed by atoms with van der Waals surface area (Å²) in [4.78, 5) is 13.4. The van der Waals surface area contributed by atoms with E-state index in [9.17, 15) is 26.3 Å². The lowest BCUT2D eigenvalue weighted by atomic mass is 10.0. The first-order valence-electron chi connectivity index (χ1n) is 19.2. The number of piperazine rings is 2. The van der Waals surface area contributed by atoms with Gasteiger partial charge in [0.05, 0.1) is 11.4 Å². The quantitative estimate of drug-likeness (QED) is 0.0562. The van der Waals surface area contributed by atoms with Crippen molar-refractivity contribution in [3.63, 3.8) is 0 Å². The van der Waals surface area contributed by atoms with Gasteiger partial charge in [-0.3, -0.25) is 9.13 Å². The third kappa shape index (κ3) is 12.2. The van der Waals surface area contributed by atoms with Crippen LogP contribution in [0.1, 0.15) is 0 Å². The smallest absolute Gasteiger partial charge is 0.209 e. The van der Waals surface area contributed by atoms with Crippen molar-refractivity contribution in [1.82, 2.24) is 29.7 Å². The fourth-order valence-electron chi connectivity index (χ4n) is 6.23. The van der Waals surface area contributed by atoms with Gasteiger partial charge in [-0.25, -0.2) is 36.3 Å². The molecule has 0 atom stereocenters. The summed E-state index contributed by atoms with van der Waals surface area (Å²) in [5.74, 6) is -7.74. The lowest BCUT2D eigenvalue weighted by Crippen LogP contribution is -2.44. The van der Waals surface area contributed by atoms with Crippen molar-refractivity contribution < 1.29 is 35.8 Å². The molecule has 6 rings (SSSR count). The van der Waals surface area contributed by atoms with Crippen LogP contribution in [-0.2, 0) is 22.9 Å². The highest BCUT2D eigenvalue weighted by atomic mass is 79.9. The molecular weight excluding hydrogens is 930 g/mol. The molecule has 0 bridgehead atoms. The van der Waals surface area contributed by atoms with Gasteiger partial charge < -0.3 is 29.9 Å². The van der Waals surface area contributed by atoms with Gasteiger partial charge in [-0.15, -0.1) is 0 Å². The van der Waals surface area contributed by atoms with Crippen LogP contribution in [0.25, 0.3) is 22.5 Å². The summed E-state index contributed by atoms with van der Waals surface area (Å²) in [5.41, 5.74) is -0.247. The Morgan fingerprint density at radius 1 is 0.603 bits per heavy atom. The number of benzene rings is 2. The van der Waals surface area contributed by atoms with E-state index in [0.717, 1.165) is 78.3 Å². The Kier molecular flexibility index (Phi) is 16.2. The van der Waals surface area contributed by atoms with Crippen molar-refractivity contribution in [2.45, 2.75) is 64.8 Å². The molecule has 20 heteroatoms. The van der Waals surface area contributed by atoms with Crippen LogP contribution < -0.4 is 20.4 Å². The Bertz CT molecular complexity index is 1970. The summed E-state index contributed by atoms with van der Waals surface area (Å²) in [6.07, 6.45) is 0. The number of hydrogen-bond donors (Lipinski definition) is 2. The highest BCUT2D eigenvalue weighted by molar-refractivity contribution is 9.13. The molecule has 4 heterocycles. The minimum atomic E-state index is -1.65. The van der Waals surface area contributed by atoms with Crippen LogP contribution in [0, 0.1) is 34.9 Å². The zero-order chi connectivity index (χ0) is 42.4. The van der Waals surface area contributed by atoms with Crippen LogP contribution in [-0.4, -0.2) is 101 Å². The number of hydrogen-bond acceptors (Lipinski definition) is 8. The molecule has 0 amide bonds. The topological polar surface area (TPSA) is 84.6 Å². The number of halogens is 8. The molecule has 4 aromatic rings. The molecule has 2 saturated heterocycles. The molecule has 2 N–H and O–H groups in total. The molecule has 0 radical (unpaired) electrons. The maximum Gasteiger partial charge on any atom is 0.209 e. The summed E-state index contributed by atoms with van der Waals surface area (Å²) in [7, 11) is -2.47. The van der Waals surface area contributed by atoms with E-state index in [-0.39, 0.29) is 29.2 Å². The van der Waals surface area contributed by atoms with Gasteiger partial charge in [0.1, 0.15) is 22.7 Å². The summed E-state index contributed by atoms with van der Waals surface area (Å²) in [5, 5.41) is 6.58. The van der Waals surface area contributed by atoms with Crippen molar-refractivity contribution in [1.29, 1.82) is 0 Å². The Labute approximate surface area is 355 Å². The van der Waals surface area contributed by atoms with E-state index in [1.807, 2.05) is 4.90 Å². The second-order valence-corrected chi connectivity index (χ2v) is 29.4. The van der Waals surface area contributed by atoms with Gasteiger partial charge in [0, 0.05) is 92.8 Å². The van der Waals surface area contributed by atoms with E-state index in [2.05, 4.69) is 101 Å². The summed E-state index contributed by atoms with van der Waals surface area (Å²) in [6, 6.07) is 5.13. The maximum atomic E-state index is 14.3. The molecule has 2 aromatic heterocycles. The van der Waals surface area contributed by atoms with Crippen LogP contribution in [0.5, 0.6) is 0 Å². The van der Waals surface area contributed by atoms with Gasteiger partial charge in [0.15, 0.2) is 34.9 Å². The molecular formula is C38H52Br2F6N8O2Si2. The van der Waals surface area contributed by atoms with Gasteiger partial charge in [-0.2, -0.15) is 0 Å². The van der Waals surface area contributed by atoms with Gasteiger partial charge in [-0.05, 0) is 68.2 Å². The number of aromatic nitrogens is 4. The number of nitrogens with zero attached hydrogens (tertiary/aromatic N) is 6. The lowest BCUT2D eigenvalue weighted by Gasteiger charge is -2.29. The highest BCUT2D eigenvalue weighted by Gasteiger charge is 2.28. The number of nitrogens with one attached hydrogen (secondary N) is 2. The van der Waals surface area contributed by atoms with Gasteiger partial charge >= 0.3 is 0 Å². The zero-order valence-corrected chi connectivity index (χ0v) is 38.9. The normalized spacial score (nSPS) is 15.2. The van der Waals surface area contributed by atoms with Crippen molar-refractivity contribution in [2.75, 3.05) is 75.4 Å². The highest BCUT2D eigenvalue weighted by Crippen LogP contribution is 2.38. The van der Waals surface area contributed by atoms with Crippen molar-refractivity contribution in [2.24, 2.45) is 0 Å². The molecule has 2 fully saturated rings. The Morgan fingerprint density at radius 2 is 1.00 bits per heavy atom. The lowest BCUT2D eigenvalue weighted by molar-refractivity contribution is 0.0864. The molecule has 2 aliphatic rings. The molecule has 2 aromatic carbocycles. The standard InChI is InChI=1S/C25H28F6N4OSi.C13H24Br2N4OSi/c1-37(2,3)9-8-36-14-35-24(16-12-19(28)22(31)20(29)13-16)23(15-10-17(26)21(30)18(27)11-15)33-25(35)34-6-4-32-5-7-34;1-21(2,3)9-8-20-10-19-12(15)11(14)17-13(19)18-6-4-16-5-7-18/h10-13,32H,4-9,14H2,1-3H3;16H,4-10H2,1-3H3. The fourth-order valence-corrected chi connectivity index (χ4v) is 8.47. The minimum absolute atomic E-state index is 0.0504. The predicted molar refractivity (Wildman–Crippen MR) is 229 cm³/mol. The van der Waals surface area contributed by atoms with E-state index in [1.165, 1.54) is 6.04 Å². The van der Waals surface area contributed by atoms with Gasteiger partial charge in [-0.1, -0.05) is 39.3 Å². The molecule has 0 unspecified atom stereocenters. The number of rotatable bonds is 14.